The number of piperidine rings is 1. The third-order valence-corrected chi connectivity index (χ3v) is 3.78. The summed E-state index contributed by atoms with van der Waals surface area (Å²) in [5.41, 5.74) is 0. The van der Waals surface area contributed by atoms with Crippen molar-refractivity contribution in [2.45, 2.75) is 44.6 Å². The number of carbonyl (C=O) groups excluding carboxylic acids is 1. The summed E-state index contributed by atoms with van der Waals surface area (Å²) in [6.45, 7) is 5.45. The molecule has 4 nitrogen and oxygen atoms in total. The Bertz CT molecular complexity index is 238. The Morgan fingerprint density at radius 1 is 1.22 bits per heavy atom. The maximum absolute atomic E-state index is 11.7. The summed E-state index contributed by atoms with van der Waals surface area (Å²) < 4.78 is 0. The fourth-order valence-electron chi connectivity index (χ4n) is 2.73. The van der Waals surface area contributed by atoms with Gasteiger partial charge in [0.1, 0.15) is 0 Å². The van der Waals surface area contributed by atoms with Crippen LogP contribution in [-0.2, 0) is 4.79 Å². The Balaban J connectivity index is 0.00000162. The van der Waals surface area contributed by atoms with Crippen molar-refractivity contribution < 1.29 is 4.79 Å². The Labute approximate surface area is 116 Å². The van der Waals surface area contributed by atoms with Gasteiger partial charge in [0, 0.05) is 6.54 Å². The van der Waals surface area contributed by atoms with Gasteiger partial charge >= 0.3 is 0 Å². The predicted octanol–water partition coefficient (Wildman–Crippen LogP) is 1.15. The van der Waals surface area contributed by atoms with Crippen LogP contribution in [0.4, 0.5) is 0 Å². The first-order valence-corrected chi connectivity index (χ1v) is 7.10. The number of amides is 1. The van der Waals surface area contributed by atoms with E-state index in [0.717, 1.165) is 38.9 Å². The Morgan fingerprint density at radius 3 is 2.67 bits per heavy atom. The minimum absolute atomic E-state index is 0. The van der Waals surface area contributed by atoms with Crippen LogP contribution in [0, 0.1) is 0 Å². The molecule has 2 aliphatic heterocycles. The topological polar surface area (TPSA) is 44.4 Å². The van der Waals surface area contributed by atoms with Crippen LogP contribution in [0.15, 0.2) is 0 Å². The number of hydrogen-bond acceptors (Lipinski definition) is 3. The average molecular weight is 276 g/mol. The molecule has 2 N–H and O–H groups in total. The first kappa shape index (κ1) is 15.7. The van der Waals surface area contributed by atoms with E-state index in [-0.39, 0.29) is 24.4 Å². The molecular formula is C13H26ClN3O. The van der Waals surface area contributed by atoms with Crippen molar-refractivity contribution in [1.82, 2.24) is 15.5 Å². The second-order valence-corrected chi connectivity index (χ2v) is 5.20. The summed E-state index contributed by atoms with van der Waals surface area (Å²) in [7, 11) is 0. The molecule has 2 aliphatic rings. The molecule has 0 aromatic carbocycles. The van der Waals surface area contributed by atoms with E-state index in [4.69, 9.17) is 0 Å². The maximum atomic E-state index is 11.7. The Morgan fingerprint density at radius 2 is 2.00 bits per heavy atom. The minimum atomic E-state index is 0. The number of halogens is 1. The van der Waals surface area contributed by atoms with E-state index in [2.05, 4.69) is 15.5 Å². The maximum Gasteiger partial charge on any atom is 0.237 e. The van der Waals surface area contributed by atoms with Crippen molar-refractivity contribution in [3.8, 4) is 0 Å². The first-order valence-electron chi connectivity index (χ1n) is 7.10. The van der Waals surface area contributed by atoms with Crippen LogP contribution in [0.2, 0.25) is 0 Å². The smallest absolute Gasteiger partial charge is 0.237 e. The fourth-order valence-corrected chi connectivity index (χ4v) is 2.73. The molecule has 1 amide bonds. The van der Waals surface area contributed by atoms with Crippen LogP contribution >= 0.6 is 12.4 Å². The third kappa shape index (κ3) is 5.12. The highest BCUT2D eigenvalue weighted by atomic mass is 35.5. The van der Waals surface area contributed by atoms with E-state index < -0.39 is 0 Å². The van der Waals surface area contributed by atoms with E-state index in [0.29, 0.717) is 0 Å². The van der Waals surface area contributed by atoms with Crippen molar-refractivity contribution in [2.75, 3.05) is 32.7 Å². The van der Waals surface area contributed by atoms with Gasteiger partial charge in [-0.2, -0.15) is 0 Å². The first-order chi connectivity index (χ1) is 8.36. The number of likely N-dealkylation sites (tertiary alicyclic amines) is 1. The fraction of sp³-hybridized carbons (Fsp3) is 0.923. The van der Waals surface area contributed by atoms with Gasteiger partial charge in [-0.3, -0.25) is 4.79 Å². The number of nitrogens with zero attached hydrogens (tertiary/aromatic N) is 1. The molecule has 5 heteroatoms. The molecular weight excluding hydrogens is 250 g/mol. The summed E-state index contributed by atoms with van der Waals surface area (Å²) in [4.78, 5) is 14.2. The zero-order chi connectivity index (χ0) is 11.9. The van der Waals surface area contributed by atoms with E-state index in [1.807, 2.05) is 0 Å². The monoisotopic (exact) mass is 275 g/mol. The lowest BCUT2D eigenvalue weighted by Crippen LogP contribution is -2.41. The molecule has 0 radical (unpaired) electrons. The highest BCUT2D eigenvalue weighted by molar-refractivity contribution is 5.85. The normalized spacial score (nSPS) is 24.6. The average Bonchev–Trinajstić information content (AvgIpc) is 2.89. The number of nitrogens with one attached hydrogen (secondary N) is 2. The quantitative estimate of drug-likeness (QED) is 0.740. The van der Waals surface area contributed by atoms with Crippen molar-refractivity contribution >= 4 is 18.3 Å². The highest BCUT2D eigenvalue weighted by Gasteiger charge is 2.21. The predicted molar refractivity (Wildman–Crippen MR) is 76.2 cm³/mol. The molecule has 0 bridgehead atoms. The third-order valence-electron chi connectivity index (χ3n) is 3.78. The molecule has 2 heterocycles. The minimum Gasteiger partial charge on any atom is -0.355 e. The summed E-state index contributed by atoms with van der Waals surface area (Å²) in [6, 6.07) is 0.0741. The van der Waals surface area contributed by atoms with E-state index in [1.54, 1.807) is 0 Å². The van der Waals surface area contributed by atoms with Crippen LogP contribution in [0.1, 0.15) is 38.5 Å². The Hall–Kier alpha value is -0.320. The number of rotatable bonds is 5. The lowest BCUT2D eigenvalue weighted by Gasteiger charge is -2.26. The van der Waals surface area contributed by atoms with Crippen LogP contribution in [0.3, 0.4) is 0 Å². The van der Waals surface area contributed by atoms with Crippen LogP contribution < -0.4 is 10.6 Å². The molecule has 2 rings (SSSR count). The molecule has 0 aromatic rings. The summed E-state index contributed by atoms with van der Waals surface area (Å²) >= 11 is 0. The van der Waals surface area contributed by atoms with Gasteiger partial charge in [-0.15, -0.1) is 12.4 Å². The molecule has 18 heavy (non-hydrogen) atoms. The molecule has 1 atom stereocenters. The molecule has 0 saturated carbocycles. The summed E-state index contributed by atoms with van der Waals surface area (Å²) in [6.07, 6.45) is 7.29. The standard InChI is InChI=1S/C13H25N3O.ClH/c17-13(12-6-4-7-14-12)15-8-5-11-16-9-2-1-3-10-16;/h12,14H,1-11H2,(H,15,17);1H. The molecule has 0 spiro atoms. The SMILES string of the molecule is Cl.O=C(NCCCN1CCCCC1)C1CCCN1. The zero-order valence-corrected chi connectivity index (χ0v) is 11.9. The lowest BCUT2D eigenvalue weighted by atomic mass is 10.1. The van der Waals surface area contributed by atoms with Crippen LogP contribution in [0.25, 0.3) is 0 Å². The van der Waals surface area contributed by atoms with Gasteiger partial charge in [0.15, 0.2) is 0 Å². The van der Waals surface area contributed by atoms with Gasteiger partial charge in [-0.05, 0) is 58.3 Å². The highest BCUT2D eigenvalue weighted by Crippen LogP contribution is 2.08. The van der Waals surface area contributed by atoms with Gasteiger partial charge in [-0.1, -0.05) is 6.42 Å². The molecule has 2 fully saturated rings. The van der Waals surface area contributed by atoms with Gasteiger partial charge in [-0.25, -0.2) is 0 Å². The lowest BCUT2D eigenvalue weighted by molar-refractivity contribution is -0.122. The molecule has 106 valence electrons. The van der Waals surface area contributed by atoms with E-state index in [9.17, 15) is 4.79 Å². The summed E-state index contributed by atoms with van der Waals surface area (Å²) in [5, 5.41) is 6.26. The van der Waals surface area contributed by atoms with Crippen molar-refractivity contribution in [3.05, 3.63) is 0 Å². The van der Waals surface area contributed by atoms with Gasteiger partial charge < -0.3 is 15.5 Å². The second-order valence-electron chi connectivity index (χ2n) is 5.20. The van der Waals surface area contributed by atoms with Crippen molar-refractivity contribution in [1.29, 1.82) is 0 Å². The van der Waals surface area contributed by atoms with Gasteiger partial charge in [0.05, 0.1) is 6.04 Å². The van der Waals surface area contributed by atoms with E-state index >= 15 is 0 Å². The number of hydrogen-bond donors (Lipinski definition) is 2. The zero-order valence-electron chi connectivity index (χ0n) is 11.1. The van der Waals surface area contributed by atoms with E-state index in [1.165, 1.54) is 32.4 Å². The number of carbonyl (C=O) groups is 1. The van der Waals surface area contributed by atoms with Crippen molar-refractivity contribution in [3.63, 3.8) is 0 Å². The summed E-state index contributed by atoms with van der Waals surface area (Å²) in [5.74, 6) is 0.196. The van der Waals surface area contributed by atoms with Crippen LogP contribution in [-0.4, -0.2) is 49.6 Å². The van der Waals surface area contributed by atoms with Gasteiger partial charge in [0.25, 0.3) is 0 Å². The van der Waals surface area contributed by atoms with Crippen molar-refractivity contribution in [2.24, 2.45) is 0 Å². The molecule has 0 aliphatic carbocycles. The Kier molecular flexibility index (Phi) is 7.63. The van der Waals surface area contributed by atoms with Gasteiger partial charge in [0.2, 0.25) is 5.91 Å². The largest absolute Gasteiger partial charge is 0.355 e. The van der Waals surface area contributed by atoms with Crippen LogP contribution in [0.5, 0.6) is 0 Å². The molecule has 0 aromatic heterocycles. The molecule has 2 saturated heterocycles. The second kappa shape index (κ2) is 8.73. The molecule has 1 unspecified atom stereocenters.